The smallest absolute Gasteiger partial charge is 0.422 e. The molecule has 1 N–H and O–H groups in total. The van der Waals surface area contributed by atoms with E-state index >= 15 is 0 Å². The Labute approximate surface area is 122 Å². The summed E-state index contributed by atoms with van der Waals surface area (Å²) in [5.41, 5.74) is -5.82. The number of nitrogens with one attached hydrogen (secondary N) is 1. The van der Waals surface area contributed by atoms with Gasteiger partial charge in [0.2, 0.25) is 0 Å². The van der Waals surface area contributed by atoms with Crippen LogP contribution in [0.5, 0.6) is 5.75 Å². The summed E-state index contributed by atoms with van der Waals surface area (Å²) in [4.78, 5) is 13.3. The van der Waals surface area contributed by atoms with Crippen molar-refractivity contribution in [2.75, 3.05) is 0 Å². The highest BCUT2D eigenvalue weighted by Gasteiger charge is 2.48. The van der Waals surface area contributed by atoms with Crippen molar-refractivity contribution in [3.05, 3.63) is 31.1 Å². The second-order valence-electron chi connectivity index (χ2n) is 3.52. The highest BCUT2D eigenvalue weighted by molar-refractivity contribution is 8.05. The van der Waals surface area contributed by atoms with E-state index in [1.165, 1.54) is 0 Å². The van der Waals surface area contributed by atoms with E-state index in [2.05, 4.69) is 16.3 Å². The Hall–Kier alpha value is -1.99. The fraction of sp³-hybridized carbons (Fsp3) is 0.111. The van der Waals surface area contributed by atoms with Gasteiger partial charge in [-0.15, -0.1) is 0 Å². The third-order valence-electron chi connectivity index (χ3n) is 1.91. The molecule has 0 saturated heterocycles. The van der Waals surface area contributed by atoms with Gasteiger partial charge in [-0.25, -0.2) is 21.6 Å². The number of hydrogen-bond acceptors (Lipinski definition) is 7. The van der Waals surface area contributed by atoms with Gasteiger partial charge in [0, 0.05) is 18.3 Å². The van der Waals surface area contributed by atoms with Crippen LogP contribution in [-0.4, -0.2) is 33.3 Å². The molecule has 1 heterocycles. The number of alkyl halides is 3. The van der Waals surface area contributed by atoms with E-state index in [0.29, 0.717) is 16.4 Å². The number of nitrogens with zero attached hydrogens (tertiary/aromatic N) is 1. The molecule has 0 spiro atoms. The quantitative estimate of drug-likeness (QED) is 0.592. The predicted octanol–water partition coefficient (Wildman–Crippen LogP) is 0.301. The molecule has 0 aliphatic rings. The molecule has 8 nitrogen and oxygen atoms in total. The molecule has 1 rings (SSSR count). The van der Waals surface area contributed by atoms with Crippen LogP contribution in [0.2, 0.25) is 0 Å². The summed E-state index contributed by atoms with van der Waals surface area (Å²) in [5, 5.41) is 0. The Morgan fingerprint density at radius 1 is 1.27 bits per heavy atom. The number of pyridine rings is 1. The van der Waals surface area contributed by atoms with Crippen LogP contribution in [0.25, 0.3) is 0 Å². The zero-order valence-electron chi connectivity index (χ0n) is 10.4. The molecule has 122 valence electrons. The number of sulfonamides is 2. The van der Waals surface area contributed by atoms with Gasteiger partial charge in [-0.1, -0.05) is 10.7 Å². The number of esters is 1. The number of rotatable bonds is 5. The molecule has 0 bridgehead atoms. The number of ether oxygens (including phenoxy) is 1. The van der Waals surface area contributed by atoms with E-state index in [4.69, 9.17) is 0 Å². The van der Waals surface area contributed by atoms with E-state index in [1.54, 1.807) is 0 Å². The maximum Gasteiger partial charge on any atom is 0.512 e. The lowest BCUT2D eigenvalue weighted by molar-refractivity contribution is -0.129. The van der Waals surface area contributed by atoms with Gasteiger partial charge in [-0.05, 0) is 0 Å². The summed E-state index contributed by atoms with van der Waals surface area (Å²) in [6, 6.07) is 0.614. The maximum atomic E-state index is 12.2. The van der Waals surface area contributed by atoms with Crippen LogP contribution < -0.4 is 8.86 Å². The lowest BCUT2D eigenvalue weighted by atomic mass is 10.4. The highest BCUT2D eigenvalue weighted by Crippen LogP contribution is 2.24. The zero-order chi connectivity index (χ0) is 17.2. The molecule has 0 fully saturated rings. The van der Waals surface area contributed by atoms with Crippen LogP contribution in [0.15, 0.2) is 36.0 Å². The standard InChI is InChI=1S/C9H7F3N2O6S2/c1-2-8(15)20-6-3-7(5-13-4-6)21(16,17)14-22(18,19)9(10,11)12/h2-5,14H,1H2. The predicted molar refractivity (Wildman–Crippen MR) is 65.4 cm³/mol. The van der Waals surface area contributed by atoms with Gasteiger partial charge in [-0.3, -0.25) is 4.98 Å². The minimum absolute atomic E-state index is 0.433. The van der Waals surface area contributed by atoms with E-state index in [0.717, 1.165) is 12.3 Å². The molecule has 0 aliphatic carbocycles. The van der Waals surface area contributed by atoms with Crippen LogP contribution in [0.1, 0.15) is 0 Å². The van der Waals surface area contributed by atoms with Crippen molar-refractivity contribution >= 4 is 26.0 Å². The second-order valence-corrected chi connectivity index (χ2v) is 7.13. The Balaban J connectivity index is 3.17. The molecule has 22 heavy (non-hydrogen) atoms. The molecule has 1 aromatic rings. The molecule has 0 amide bonds. The summed E-state index contributed by atoms with van der Waals surface area (Å²) in [5.74, 6) is -1.41. The Bertz CT molecular complexity index is 801. The monoisotopic (exact) mass is 360 g/mol. The van der Waals surface area contributed by atoms with E-state index in [1.807, 2.05) is 0 Å². The molecule has 1 aromatic heterocycles. The highest BCUT2D eigenvalue weighted by atomic mass is 32.3. The van der Waals surface area contributed by atoms with Gasteiger partial charge in [0.1, 0.15) is 4.90 Å². The van der Waals surface area contributed by atoms with Crippen molar-refractivity contribution in [3.8, 4) is 5.75 Å². The van der Waals surface area contributed by atoms with Crippen LogP contribution in [0, 0.1) is 0 Å². The maximum absolute atomic E-state index is 12.2. The van der Waals surface area contributed by atoms with Crippen molar-refractivity contribution in [1.29, 1.82) is 0 Å². The van der Waals surface area contributed by atoms with Crippen molar-refractivity contribution in [2.24, 2.45) is 0 Å². The summed E-state index contributed by atoms with van der Waals surface area (Å²) >= 11 is 0. The molecular formula is C9H7F3N2O6S2. The lowest BCUT2D eigenvalue weighted by Gasteiger charge is -2.10. The first-order chi connectivity index (χ1) is 9.89. The molecule has 0 radical (unpaired) electrons. The first-order valence-corrected chi connectivity index (χ1v) is 8.00. The molecule has 0 saturated carbocycles. The van der Waals surface area contributed by atoms with Gasteiger partial charge in [-0.2, -0.15) is 13.2 Å². The largest absolute Gasteiger partial charge is 0.512 e. The minimum Gasteiger partial charge on any atom is -0.422 e. The number of hydrogen-bond donors (Lipinski definition) is 1. The summed E-state index contributed by atoms with van der Waals surface area (Å²) in [7, 11) is -11.2. The summed E-state index contributed by atoms with van der Waals surface area (Å²) < 4.78 is 86.4. The second kappa shape index (κ2) is 6.02. The topological polar surface area (TPSA) is 120 Å². The van der Waals surface area contributed by atoms with Gasteiger partial charge in [0.05, 0.1) is 6.20 Å². The van der Waals surface area contributed by atoms with Crippen LogP contribution >= 0.6 is 0 Å². The SMILES string of the molecule is C=CC(=O)Oc1cncc(S(=O)(=O)NS(=O)(=O)C(F)(F)F)c1. The third kappa shape index (κ3) is 4.25. The molecule has 0 unspecified atom stereocenters. The molecule has 0 aromatic carbocycles. The minimum atomic E-state index is -6.13. The first kappa shape index (κ1) is 18.1. The van der Waals surface area contributed by atoms with Crippen molar-refractivity contribution in [1.82, 2.24) is 9.11 Å². The molecular weight excluding hydrogens is 353 g/mol. The van der Waals surface area contributed by atoms with E-state index in [9.17, 15) is 34.8 Å². The van der Waals surface area contributed by atoms with E-state index in [-0.39, 0.29) is 0 Å². The summed E-state index contributed by atoms with van der Waals surface area (Å²) in [6.45, 7) is 3.07. The normalized spacial score (nSPS) is 12.7. The summed E-state index contributed by atoms with van der Waals surface area (Å²) in [6.07, 6.45) is 2.20. The molecule has 0 aliphatic heterocycles. The average Bonchev–Trinajstić information content (AvgIpc) is 2.36. The number of carbonyl (C=O) groups is 1. The lowest BCUT2D eigenvalue weighted by Crippen LogP contribution is -2.40. The van der Waals surface area contributed by atoms with Gasteiger partial charge in [0.15, 0.2) is 5.75 Å². The fourth-order valence-electron chi connectivity index (χ4n) is 0.999. The number of halogens is 3. The van der Waals surface area contributed by atoms with Gasteiger partial charge < -0.3 is 4.74 Å². The zero-order valence-corrected chi connectivity index (χ0v) is 12.0. The Morgan fingerprint density at radius 3 is 2.36 bits per heavy atom. The Kier molecular flexibility index (Phi) is 4.94. The fourth-order valence-corrected chi connectivity index (χ4v) is 3.39. The van der Waals surface area contributed by atoms with E-state index < -0.39 is 42.2 Å². The Morgan fingerprint density at radius 2 is 1.86 bits per heavy atom. The van der Waals surface area contributed by atoms with Crippen LogP contribution in [0.4, 0.5) is 13.2 Å². The van der Waals surface area contributed by atoms with Gasteiger partial charge in [0.25, 0.3) is 10.0 Å². The van der Waals surface area contributed by atoms with Gasteiger partial charge >= 0.3 is 21.5 Å². The van der Waals surface area contributed by atoms with Crippen molar-refractivity contribution in [3.63, 3.8) is 0 Å². The molecule has 13 heteroatoms. The van der Waals surface area contributed by atoms with Crippen LogP contribution in [0.3, 0.4) is 0 Å². The third-order valence-corrected chi connectivity index (χ3v) is 5.12. The number of aromatic nitrogens is 1. The van der Waals surface area contributed by atoms with Crippen LogP contribution in [-0.2, 0) is 24.8 Å². The molecule has 0 atom stereocenters. The first-order valence-electron chi connectivity index (χ1n) is 5.03. The average molecular weight is 360 g/mol. The number of carbonyl (C=O) groups excluding carboxylic acids is 1. The van der Waals surface area contributed by atoms with Crippen molar-refractivity contribution in [2.45, 2.75) is 10.4 Å². The van der Waals surface area contributed by atoms with Crippen molar-refractivity contribution < 1.29 is 39.5 Å².